The minimum Gasteiger partial charge on any atom is -0.455 e. The number of ether oxygens (including phenoxy) is 2. The van der Waals surface area contributed by atoms with Gasteiger partial charge in [-0.05, 0) is 26.0 Å². The molecule has 0 N–H and O–H groups in total. The van der Waals surface area contributed by atoms with Crippen LogP contribution in [0.15, 0.2) is 28.6 Å². The Morgan fingerprint density at radius 2 is 2.04 bits per heavy atom. The van der Waals surface area contributed by atoms with Crippen molar-refractivity contribution in [3.05, 3.63) is 24.3 Å². The third kappa shape index (κ3) is 4.93. The summed E-state index contributed by atoms with van der Waals surface area (Å²) < 4.78 is 12.6. The van der Waals surface area contributed by atoms with Crippen molar-refractivity contribution in [2.45, 2.75) is 30.4 Å². The molecule has 0 radical (unpaired) electrons. The van der Waals surface area contributed by atoms with Crippen molar-refractivity contribution in [3.8, 4) is 0 Å². The molecular formula is C17H20N2O4S2. The van der Waals surface area contributed by atoms with Gasteiger partial charge in [0.2, 0.25) is 0 Å². The van der Waals surface area contributed by atoms with Gasteiger partial charge < -0.3 is 14.4 Å². The lowest BCUT2D eigenvalue weighted by Gasteiger charge is -2.35. The highest BCUT2D eigenvalue weighted by atomic mass is 32.2. The van der Waals surface area contributed by atoms with Gasteiger partial charge in [0.25, 0.3) is 5.91 Å². The predicted octanol–water partition coefficient (Wildman–Crippen LogP) is 2.57. The van der Waals surface area contributed by atoms with E-state index in [2.05, 4.69) is 4.98 Å². The zero-order valence-corrected chi connectivity index (χ0v) is 15.8. The molecule has 25 heavy (non-hydrogen) atoms. The van der Waals surface area contributed by atoms with E-state index < -0.39 is 5.97 Å². The molecule has 2 atom stereocenters. The number of hydrogen-bond donors (Lipinski definition) is 0. The van der Waals surface area contributed by atoms with Crippen LogP contribution in [0, 0.1) is 0 Å². The van der Waals surface area contributed by atoms with Gasteiger partial charge in [-0.25, -0.2) is 4.98 Å². The minimum atomic E-state index is -0.410. The van der Waals surface area contributed by atoms with Crippen LogP contribution in [0.25, 0.3) is 10.2 Å². The number of fused-ring (bicyclic) bond motifs is 1. The quantitative estimate of drug-likeness (QED) is 0.587. The summed E-state index contributed by atoms with van der Waals surface area (Å²) in [6.07, 6.45) is -0.00372. The average molecular weight is 380 g/mol. The summed E-state index contributed by atoms with van der Waals surface area (Å²) in [6.45, 7) is 4.69. The van der Waals surface area contributed by atoms with E-state index in [-0.39, 0.29) is 30.5 Å². The Bertz CT molecular complexity index is 721. The first-order chi connectivity index (χ1) is 12.0. The summed E-state index contributed by atoms with van der Waals surface area (Å²) in [5.74, 6) is -0.449. The molecule has 1 aliphatic heterocycles. The maximum Gasteiger partial charge on any atom is 0.316 e. The van der Waals surface area contributed by atoms with Crippen LogP contribution in [0.1, 0.15) is 13.8 Å². The van der Waals surface area contributed by atoms with Gasteiger partial charge in [-0.3, -0.25) is 9.59 Å². The number of morpholine rings is 1. The van der Waals surface area contributed by atoms with Gasteiger partial charge in [-0.15, -0.1) is 11.3 Å². The molecule has 0 unspecified atom stereocenters. The smallest absolute Gasteiger partial charge is 0.316 e. The summed E-state index contributed by atoms with van der Waals surface area (Å²) in [5.41, 5.74) is 0.925. The molecule has 0 saturated carbocycles. The van der Waals surface area contributed by atoms with Gasteiger partial charge in [-0.2, -0.15) is 0 Å². The van der Waals surface area contributed by atoms with Crippen molar-refractivity contribution in [3.63, 3.8) is 0 Å². The second-order valence-electron chi connectivity index (χ2n) is 5.95. The first-order valence-corrected chi connectivity index (χ1v) is 9.88. The lowest BCUT2D eigenvalue weighted by Crippen LogP contribution is -2.49. The molecule has 1 aromatic carbocycles. The standard InChI is InChI=1S/C17H20N2O4S2/c1-11-7-19(8-12(2)23-11)15(20)9-22-16(21)10-24-17-18-13-5-3-4-6-14(13)25-17/h3-6,11-12H,7-10H2,1-2H3/t11-,12+. The van der Waals surface area contributed by atoms with Crippen LogP contribution in [-0.2, 0) is 19.1 Å². The Morgan fingerprint density at radius 3 is 2.76 bits per heavy atom. The second kappa shape index (κ2) is 8.16. The lowest BCUT2D eigenvalue weighted by molar-refractivity contribution is -0.155. The highest BCUT2D eigenvalue weighted by molar-refractivity contribution is 8.01. The SMILES string of the molecule is C[C@@H]1CN(C(=O)COC(=O)CSc2nc3ccccc3s2)C[C@H](C)O1. The number of benzene rings is 1. The van der Waals surface area contributed by atoms with Gasteiger partial charge >= 0.3 is 5.97 Å². The van der Waals surface area contributed by atoms with Crippen molar-refractivity contribution >= 4 is 45.2 Å². The molecular weight excluding hydrogens is 360 g/mol. The van der Waals surface area contributed by atoms with E-state index in [1.54, 1.807) is 16.2 Å². The fourth-order valence-corrected chi connectivity index (χ4v) is 4.56. The number of amides is 1. The van der Waals surface area contributed by atoms with Gasteiger partial charge in [0.15, 0.2) is 10.9 Å². The molecule has 134 valence electrons. The van der Waals surface area contributed by atoms with Crippen molar-refractivity contribution < 1.29 is 19.1 Å². The number of carbonyl (C=O) groups excluding carboxylic acids is 2. The van der Waals surface area contributed by atoms with Gasteiger partial charge in [0, 0.05) is 13.1 Å². The average Bonchev–Trinajstić information content (AvgIpc) is 3.00. The van der Waals surface area contributed by atoms with E-state index in [0.29, 0.717) is 13.1 Å². The first kappa shape index (κ1) is 18.2. The maximum atomic E-state index is 12.2. The molecule has 0 bridgehead atoms. The van der Waals surface area contributed by atoms with Gasteiger partial charge in [-0.1, -0.05) is 23.9 Å². The molecule has 1 aliphatic rings. The molecule has 1 fully saturated rings. The maximum absolute atomic E-state index is 12.2. The number of hydrogen-bond acceptors (Lipinski definition) is 7. The van der Waals surface area contributed by atoms with E-state index in [1.807, 2.05) is 38.1 Å². The van der Waals surface area contributed by atoms with Crippen LogP contribution in [0.4, 0.5) is 0 Å². The van der Waals surface area contributed by atoms with Gasteiger partial charge in [0.05, 0.1) is 28.2 Å². The molecule has 1 saturated heterocycles. The number of rotatable bonds is 5. The first-order valence-electron chi connectivity index (χ1n) is 8.08. The van der Waals surface area contributed by atoms with Crippen molar-refractivity contribution in [1.82, 2.24) is 9.88 Å². The molecule has 1 aromatic heterocycles. The third-order valence-electron chi connectivity index (χ3n) is 3.72. The Morgan fingerprint density at radius 1 is 1.32 bits per heavy atom. The van der Waals surface area contributed by atoms with Crippen molar-refractivity contribution in [2.75, 3.05) is 25.4 Å². The highest BCUT2D eigenvalue weighted by Crippen LogP contribution is 2.29. The van der Waals surface area contributed by atoms with Crippen LogP contribution >= 0.6 is 23.1 Å². The predicted molar refractivity (Wildman–Crippen MR) is 97.9 cm³/mol. The summed E-state index contributed by atoms with van der Waals surface area (Å²) in [5, 5.41) is 0. The highest BCUT2D eigenvalue weighted by Gasteiger charge is 2.26. The topological polar surface area (TPSA) is 68.7 Å². The van der Waals surface area contributed by atoms with Crippen molar-refractivity contribution in [1.29, 1.82) is 0 Å². The molecule has 3 rings (SSSR count). The lowest BCUT2D eigenvalue weighted by atomic mass is 10.2. The zero-order chi connectivity index (χ0) is 17.8. The molecule has 8 heteroatoms. The third-order valence-corrected chi connectivity index (χ3v) is 5.87. The summed E-state index contributed by atoms with van der Waals surface area (Å²) in [7, 11) is 0. The van der Waals surface area contributed by atoms with E-state index >= 15 is 0 Å². The Balaban J connectivity index is 1.44. The van der Waals surface area contributed by atoms with E-state index in [1.165, 1.54) is 11.8 Å². The normalized spacial score (nSPS) is 20.6. The fourth-order valence-electron chi connectivity index (χ4n) is 2.69. The zero-order valence-electron chi connectivity index (χ0n) is 14.1. The Kier molecular flexibility index (Phi) is 5.93. The number of para-hydroxylation sites is 1. The minimum absolute atomic E-state index is 0.00186. The number of thiazole rings is 1. The van der Waals surface area contributed by atoms with Crippen molar-refractivity contribution in [2.24, 2.45) is 0 Å². The molecule has 2 aromatic rings. The largest absolute Gasteiger partial charge is 0.455 e. The molecule has 6 nitrogen and oxygen atoms in total. The number of nitrogens with zero attached hydrogens (tertiary/aromatic N) is 2. The Hall–Kier alpha value is -1.64. The molecule has 2 heterocycles. The number of esters is 1. The molecule has 0 aliphatic carbocycles. The van der Waals surface area contributed by atoms with Crippen LogP contribution in [0.3, 0.4) is 0 Å². The second-order valence-corrected chi connectivity index (χ2v) is 8.21. The summed E-state index contributed by atoms with van der Waals surface area (Å²) >= 11 is 2.87. The van der Waals surface area contributed by atoms with Crippen LogP contribution < -0.4 is 0 Å². The Labute approximate surface area is 154 Å². The summed E-state index contributed by atoms with van der Waals surface area (Å²) in [6, 6.07) is 7.83. The van der Waals surface area contributed by atoms with Crippen LogP contribution in [0.2, 0.25) is 0 Å². The monoisotopic (exact) mass is 380 g/mol. The van der Waals surface area contributed by atoms with E-state index in [9.17, 15) is 9.59 Å². The molecule has 1 amide bonds. The van der Waals surface area contributed by atoms with Crippen LogP contribution in [-0.4, -0.2) is 59.4 Å². The fraction of sp³-hybridized carbons (Fsp3) is 0.471. The van der Waals surface area contributed by atoms with E-state index in [0.717, 1.165) is 14.6 Å². The number of aromatic nitrogens is 1. The van der Waals surface area contributed by atoms with Crippen LogP contribution in [0.5, 0.6) is 0 Å². The molecule has 0 spiro atoms. The summed E-state index contributed by atoms with van der Waals surface area (Å²) in [4.78, 5) is 30.2. The number of carbonyl (C=O) groups is 2. The van der Waals surface area contributed by atoms with Gasteiger partial charge in [0.1, 0.15) is 0 Å². The van der Waals surface area contributed by atoms with E-state index in [4.69, 9.17) is 9.47 Å². The number of thioether (sulfide) groups is 1.